The number of aliphatic hydroxyl groups is 2. The fraction of sp³-hybridized carbons (Fsp3) is 0.188. The van der Waals surface area contributed by atoms with Crippen molar-refractivity contribution in [2.45, 2.75) is 38.9 Å². The highest BCUT2D eigenvalue weighted by molar-refractivity contribution is 6.01. The Labute approximate surface area is 201 Å². The minimum atomic E-state index is -0.912. The third-order valence-corrected chi connectivity index (χ3v) is 6.59. The second kappa shape index (κ2) is 8.09. The van der Waals surface area contributed by atoms with Crippen molar-refractivity contribution in [3.05, 3.63) is 108 Å². The van der Waals surface area contributed by atoms with Gasteiger partial charge in [-0.2, -0.15) is 0 Å². The average Bonchev–Trinajstić information content (AvgIpc) is 2.81. The zero-order valence-electron chi connectivity index (χ0n) is 20.1. The Morgan fingerprint density at radius 1 is 0.441 bits per heavy atom. The Bertz CT molecular complexity index is 1400. The minimum absolute atomic E-state index is 0.912. The molecule has 5 rings (SSSR count). The van der Waals surface area contributed by atoms with Gasteiger partial charge in [-0.1, -0.05) is 72.8 Å². The van der Waals surface area contributed by atoms with Crippen LogP contribution in [-0.4, -0.2) is 10.2 Å². The molecule has 0 unspecified atom stereocenters. The van der Waals surface area contributed by atoms with Crippen LogP contribution < -0.4 is 0 Å². The van der Waals surface area contributed by atoms with Crippen LogP contribution in [0.25, 0.3) is 43.8 Å². The van der Waals surface area contributed by atoms with E-state index in [-0.39, 0.29) is 0 Å². The second-order valence-electron chi connectivity index (χ2n) is 10.2. The molecule has 0 aliphatic carbocycles. The maximum absolute atomic E-state index is 10.7. The van der Waals surface area contributed by atoms with Crippen LogP contribution in [0, 0.1) is 0 Å². The van der Waals surface area contributed by atoms with Gasteiger partial charge < -0.3 is 10.2 Å². The van der Waals surface area contributed by atoms with Crippen molar-refractivity contribution in [2.24, 2.45) is 0 Å². The molecule has 2 nitrogen and oxygen atoms in total. The molecule has 0 atom stereocenters. The Morgan fingerprint density at radius 3 is 1.21 bits per heavy atom. The van der Waals surface area contributed by atoms with Gasteiger partial charge in [-0.05, 0) is 107 Å². The fourth-order valence-electron chi connectivity index (χ4n) is 4.87. The summed E-state index contributed by atoms with van der Waals surface area (Å²) in [6.45, 7) is 7.31. The van der Waals surface area contributed by atoms with E-state index in [1.807, 2.05) is 64.1 Å². The SMILES string of the molecule is CC(C)(O)c1ccccc1-c1ccc2cc3cc(-c4ccccc4C(C)(C)O)ccc3cc2c1. The van der Waals surface area contributed by atoms with Gasteiger partial charge in [-0.3, -0.25) is 0 Å². The number of hydrogen-bond donors (Lipinski definition) is 2. The summed E-state index contributed by atoms with van der Waals surface area (Å²) < 4.78 is 0. The number of rotatable bonds is 4. The molecule has 170 valence electrons. The van der Waals surface area contributed by atoms with Crippen LogP contribution in [0.5, 0.6) is 0 Å². The molecule has 0 fully saturated rings. The Balaban J connectivity index is 1.63. The summed E-state index contributed by atoms with van der Waals surface area (Å²) in [6, 6.07) is 33.5. The summed E-state index contributed by atoms with van der Waals surface area (Å²) in [5.41, 5.74) is 4.32. The molecule has 0 radical (unpaired) electrons. The third kappa shape index (κ3) is 4.11. The molecule has 2 heteroatoms. The van der Waals surface area contributed by atoms with Crippen molar-refractivity contribution in [3.63, 3.8) is 0 Å². The molecule has 0 aliphatic rings. The molecule has 0 amide bonds. The van der Waals surface area contributed by atoms with Crippen molar-refractivity contribution in [1.29, 1.82) is 0 Å². The zero-order chi connectivity index (χ0) is 24.1. The first kappa shape index (κ1) is 22.3. The normalized spacial score (nSPS) is 12.4. The van der Waals surface area contributed by atoms with Crippen molar-refractivity contribution < 1.29 is 10.2 Å². The van der Waals surface area contributed by atoms with Gasteiger partial charge in [0.2, 0.25) is 0 Å². The second-order valence-corrected chi connectivity index (χ2v) is 10.2. The van der Waals surface area contributed by atoms with Crippen molar-refractivity contribution in [2.75, 3.05) is 0 Å². The Hall–Kier alpha value is -3.46. The van der Waals surface area contributed by atoms with Crippen LogP contribution in [0.4, 0.5) is 0 Å². The zero-order valence-corrected chi connectivity index (χ0v) is 20.1. The highest BCUT2D eigenvalue weighted by Gasteiger charge is 2.21. The molecule has 2 N–H and O–H groups in total. The van der Waals surface area contributed by atoms with Crippen molar-refractivity contribution in [1.82, 2.24) is 0 Å². The number of fused-ring (bicyclic) bond motifs is 2. The summed E-state index contributed by atoms with van der Waals surface area (Å²) in [5, 5.41) is 26.0. The van der Waals surface area contributed by atoms with Crippen molar-refractivity contribution in [3.8, 4) is 22.3 Å². The highest BCUT2D eigenvalue weighted by atomic mass is 16.3. The van der Waals surface area contributed by atoms with Crippen LogP contribution in [-0.2, 0) is 11.2 Å². The molecule has 0 saturated carbocycles. The summed E-state index contributed by atoms with van der Waals surface area (Å²) in [6.07, 6.45) is 0. The lowest BCUT2D eigenvalue weighted by molar-refractivity contribution is 0.0786. The van der Waals surface area contributed by atoms with E-state index in [0.717, 1.165) is 33.4 Å². The molecule has 34 heavy (non-hydrogen) atoms. The van der Waals surface area contributed by atoms with E-state index in [9.17, 15) is 10.2 Å². The molecule has 0 aromatic heterocycles. The third-order valence-electron chi connectivity index (χ3n) is 6.59. The molecule has 0 heterocycles. The predicted molar refractivity (Wildman–Crippen MR) is 143 cm³/mol. The summed E-state index contributed by atoms with van der Waals surface area (Å²) in [5.74, 6) is 0. The van der Waals surface area contributed by atoms with Gasteiger partial charge in [0.15, 0.2) is 0 Å². The van der Waals surface area contributed by atoms with Crippen LogP contribution in [0.15, 0.2) is 97.1 Å². The molecular formula is C32H30O2. The van der Waals surface area contributed by atoms with Crippen LogP contribution in [0.1, 0.15) is 38.8 Å². The monoisotopic (exact) mass is 446 g/mol. The van der Waals surface area contributed by atoms with Gasteiger partial charge in [0.1, 0.15) is 0 Å². The molecule has 5 aromatic rings. The quantitative estimate of drug-likeness (QED) is 0.277. The van der Waals surface area contributed by atoms with E-state index in [4.69, 9.17) is 0 Å². The standard InChI is InChI=1S/C32H30O2/c1-31(2,33)29-11-7-5-9-27(29)23-15-13-21-18-26-20-24(16-14-22(26)17-25(21)19-23)28-10-6-8-12-30(28)32(3,4)34/h5-20,33-34H,1-4H3. The minimum Gasteiger partial charge on any atom is -0.386 e. The Morgan fingerprint density at radius 2 is 0.824 bits per heavy atom. The van der Waals surface area contributed by atoms with Gasteiger partial charge >= 0.3 is 0 Å². The molecule has 0 saturated heterocycles. The van der Waals surface area contributed by atoms with Gasteiger partial charge in [-0.25, -0.2) is 0 Å². The van der Waals surface area contributed by atoms with E-state index in [2.05, 4.69) is 60.7 Å². The lowest BCUT2D eigenvalue weighted by atomic mass is 9.88. The molecular weight excluding hydrogens is 416 g/mol. The van der Waals surface area contributed by atoms with Gasteiger partial charge in [0.25, 0.3) is 0 Å². The first-order valence-corrected chi connectivity index (χ1v) is 11.7. The predicted octanol–water partition coefficient (Wildman–Crippen LogP) is 7.78. The van der Waals surface area contributed by atoms with Gasteiger partial charge in [-0.15, -0.1) is 0 Å². The molecule has 0 aliphatic heterocycles. The summed E-state index contributed by atoms with van der Waals surface area (Å²) >= 11 is 0. The van der Waals surface area contributed by atoms with Crippen LogP contribution in [0.2, 0.25) is 0 Å². The van der Waals surface area contributed by atoms with Gasteiger partial charge in [0.05, 0.1) is 11.2 Å². The van der Waals surface area contributed by atoms with Crippen LogP contribution in [0.3, 0.4) is 0 Å². The fourth-order valence-corrected chi connectivity index (χ4v) is 4.87. The first-order chi connectivity index (χ1) is 16.1. The topological polar surface area (TPSA) is 40.5 Å². The van der Waals surface area contributed by atoms with E-state index in [0.29, 0.717) is 0 Å². The maximum atomic E-state index is 10.7. The molecule has 5 aromatic carbocycles. The van der Waals surface area contributed by atoms with E-state index < -0.39 is 11.2 Å². The largest absolute Gasteiger partial charge is 0.386 e. The highest BCUT2D eigenvalue weighted by Crippen LogP contribution is 2.36. The first-order valence-electron chi connectivity index (χ1n) is 11.7. The van der Waals surface area contributed by atoms with E-state index >= 15 is 0 Å². The van der Waals surface area contributed by atoms with E-state index in [1.54, 1.807) is 0 Å². The van der Waals surface area contributed by atoms with Crippen LogP contribution >= 0.6 is 0 Å². The number of benzene rings is 5. The lowest BCUT2D eigenvalue weighted by Gasteiger charge is -2.22. The Kier molecular flexibility index (Phi) is 5.31. The maximum Gasteiger partial charge on any atom is 0.0846 e. The lowest BCUT2D eigenvalue weighted by Crippen LogP contribution is -2.16. The smallest absolute Gasteiger partial charge is 0.0846 e. The van der Waals surface area contributed by atoms with Crippen molar-refractivity contribution >= 4 is 21.5 Å². The summed E-state index contributed by atoms with van der Waals surface area (Å²) in [7, 11) is 0. The number of hydrogen-bond acceptors (Lipinski definition) is 2. The molecule has 0 bridgehead atoms. The summed E-state index contributed by atoms with van der Waals surface area (Å²) in [4.78, 5) is 0. The molecule has 0 spiro atoms. The van der Waals surface area contributed by atoms with E-state index in [1.165, 1.54) is 21.5 Å². The average molecular weight is 447 g/mol. The van der Waals surface area contributed by atoms with Gasteiger partial charge in [0, 0.05) is 0 Å².